The van der Waals surface area contributed by atoms with E-state index in [0.29, 0.717) is 22.6 Å². The first-order valence-electron chi connectivity index (χ1n) is 8.96. The molecule has 0 heterocycles. The summed E-state index contributed by atoms with van der Waals surface area (Å²) in [4.78, 5) is 34.2. The van der Waals surface area contributed by atoms with Crippen molar-refractivity contribution in [3.63, 3.8) is 0 Å². The van der Waals surface area contributed by atoms with Crippen molar-refractivity contribution in [2.75, 3.05) is 16.0 Å². The van der Waals surface area contributed by atoms with E-state index in [4.69, 9.17) is 0 Å². The summed E-state index contributed by atoms with van der Waals surface area (Å²) in [5.41, 5.74) is 2.46. The molecule has 3 N–H and O–H groups in total. The number of para-hydroxylation sites is 1. The molecule has 3 amide bonds. The van der Waals surface area contributed by atoms with Crippen molar-refractivity contribution in [1.82, 2.24) is 0 Å². The van der Waals surface area contributed by atoms with Crippen LogP contribution in [0.3, 0.4) is 0 Å². The summed E-state index contributed by atoms with van der Waals surface area (Å²) in [6, 6.07) is 21.2. The molecule has 0 atom stereocenters. The first kappa shape index (κ1) is 20.3. The Morgan fingerprint density at radius 1 is 0.733 bits per heavy atom. The van der Waals surface area contributed by atoms with Crippen LogP contribution in [0, 0.1) is 10.1 Å². The third-order valence-electron chi connectivity index (χ3n) is 3.97. The Balaban J connectivity index is 1.51. The van der Waals surface area contributed by atoms with Crippen molar-refractivity contribution >= 4 is 40.8 Å². The number of nitrogens with zero attached hydrogens (tertiary/aromatic N) is 1. The monoisotopic (exact) mass is 402 g/mol. The Morgan fingerprint density at radius 2 is 1.27 bits per heavy atom. The number of nitro groups is 1. The van der Waals surface area contributed by atoms with Gasteiger partial charge >= 0.3 is 6.03 Å². The van der Waals surface area contributed by atoms with E-state index in [1.807, 2.05) is 18.2 Å². The van der Waals surface area contributed by atoms with Gasteiger partial charge in [-0.2, -0.15) is 0 Å². The lowest BCUT2D eigenvalue weighted by atomic mass is 10.2. The average molecular weight is 402 g/mol. The van der Waals surface area contributed by atoms with Gasteiger partial charge in [0, 0.05) is 35.3 Å². The van der Waals surface area contributed by atoms with E-state index < -0.39 is 4.92 Å². The third-order valence-corrected chi connectivity index (χ3v) is 3.97. The van der Waals surface area contributed by atoms with E-state index in [9.17, 15) is 19.7 Å². The summed E-state index contributed by atoms with van der Waals surface area (Å²) in [5, 5.41) is 18.8. The highest BCUT2D eigenvalue weighted by molar-refractivity contribution is 6.02. The van der Waals surface area contributed by atoms with Crippen molar-refractivity contribution in [2.45, 2.75) is 0 Å². The smallest absolute Gasteiger partial charge is 0.323 e. The van der Waals surface area contributed by atoms with Gasteiger partial charge in [-0.1, -0.05) is 18.2 Å². The highest BCUT2D eigenvalue weighted by Gasteiger charge is 2.04. The van der Waals surface area contributed by atoms with Gasteiger partial charge in [0.1, 0.15) is 0 Å². The molecule has 3 aromatic rings. The normalized spacial score (nSPS) is 10.4. The predicted molar refractivity (Wildman–Crippen MR) is 116 cm³/mol. The van der Waals surface area contributed by atoms with Gasteiger partial charge in [0.2, 0.25) is 5.91 Å². The summed E-state index contributed by atoms with van der Waals surface area (Å²) in [6.45, 7) is 0. The number of rotatable bonds is 6. The largest absolute Gasteiger partial charge is 0.323 e. The number of hydrogen-bond donors (Lipinski definition) is 3. The topological polar surface area (TPSA) is 113 Å². The molecular weight excluding hydrogens is 384 g/mol. The molecular formula is C22H18N4O4. The Bertz CT molecular complexity index is 1060. The molecule has 0 spiro atoms. The van der Waals surface area contributed by atoms with E-state index >= 15 is 0 Å². The van der Waals surface area contributed by atoms with Gasteiger partial charge in [0.15, 0.2) is 0 Å². The van der Waals surface area contributed by atoms with Crippen LogP contribution in [0.25, 0.3) is 6.08 Å². The molecule has 0 saturated heterocycles. The van der Waals surface area contributed by atoms with Crippen molar-refractivity contribution in [3.05, 3.63) is 101 Å². The predicted octanol–water partition coefficient (Wildman–Crippen LogP) is 4.89. The zero-order valence-electron chi connectivity index (χ0n) is 15.7. The van der Waals surface area contributed by atoms with E-state index in [0.717, 1.165) is 0 Å². The zero-order valence-corrected chi connectivity index (χ0v) is 15.7. The first-order chi connectivity index (χ1) is 14.5. The maximum Gasteiger partial charge on any atom is 0.323 e. The number of hydrogen-bond acceptors (Lipinski definition) is 4. The lowest BCUT2D eigenvalue weighted by molar-refractivity contribution is -0.384. The van der Waals surface area contributed by atoms with Crippen LogP contribution in [-0.2, 0) is 4.79 Å². The van der Waals surface area contributed by atoms with Crippen LogP contribution in [0.4, 0.5) is 27.5 Å². The summed E-state index contributed by atoms with van der Waals surface area (Å²) in [5.74, 6) is -0.351. The molecule has 0 radical (unpaired) electrons. The highest BCUT2D eigenvalue weighted by Crippen LogP contribution is 2.15. The van der Waals surface area contributed by atoms with Gasteiger partial charge in [-0.3, -0.25) is 14.9 Å². The first-order valence-corrected chi connectivity index (χ1v) is 8.96. The quantitative estimate of drug-likeness (QED) is 0.309. The number of carbonyl (C=O) groups is 2. The molecule has 8 heteroatoms. The Morgan fingerprint density at radius 3 is 1.83 bits per heavy atom. The molecule has 150 valence electrons. The number of nitrogens with one attached hydrogen (secondary N) is 3. The van der Waals surface area contributed by atoms with Crippen LogP contribution in [0.5, 0.6) is 0 Å². The maximum absolute atomic E-state index is 12.0. The van der Waals surface area contributed by atoms with E-state index in [1.165, 1.54) is 18.2 Å². The minimum Gasteiger partial charge on any atom is -0.323 e. The fourth-order valence-corrected chi connectivity index (χ4v) is 2.51. The van der Waals surface area contributed by atoms with Crippen molar-refractivity contribution in [1.29, 1.82) is 0 Å². The molecule has 8 nitrogen and oxygen atoms in total. The molecule has 0 aliphatic heterocycles. The molecule has 30 heavy (non-hydrogen) atoms. The molecule has 0 unspecified atom stereocenters. The van der Waals surface area contributed by atoms with E-state index in [2.05, 4.69) is 16.0 Å². The number of non-ortho nitro benzene ring substituents is 1. The summed E-state index contributed by atoms with van der Waals surface area (Å²) in [7, 11) is 0. The molecule has 3 rings (SSSR count). The second-order valence-electron chi connectivity index (χ2n) is 6.19. The van der Waals surface area contributed by atoms with Gasteiger partial charge in [0.25, 0.3) is 5.69 Å². The van der Waals surface area contributed by atoms with Crippen LogP contribution in [-0.4, -0.2) is 16.9 Å². The lowest BCUT2D eigenvalue weighted by Crippen LogP contribution is -2.19. The number of benzene rings is 3. The third kappa shape index (κ3) is 6.03. The number of urea groups is 1. The minimum atomic E-state index is -0.482. The van der Waals surface area contributed by atoms with Gasteiger partial charge in [-0.25, -0.2) is 4.79 Å². The summed E-state index contributed by atoms with van der Waals surface area (Å²) < 4.78 is 0. The van der Waals surface area contributed by atoms with Crippen LogP contribution in [0.2, 0.25) is 0 Å². The molecule has 0 saturated carbocycles. The van der Waals surface area contributed by atoms with Crippen molar-refractivity contribution in [3.8, 4) is 0 Å². The van der Waals surface area contributed by atoms with Crippen LogP contribution < -0.4 is 16.0 Å². The number of carbonyl (C=O) groups excluding carboxylic acids is 2. The lowest BCUT2D eigenvalue weighted by Gasteiger charge is -2.08. The Kier molecular flexibility index (Phi) is 6.52. The SMILES string of the molecule is O=C(/C=C/c1ccc([N+](=O)[O-])cc1)Nc1ccc(NC(=O)Nc2ccccc2)cc1. The van der Waals surface area contributed by atoms with Gasteiger partial charge in [0.05, 0.1) is 4.92 Å². The fraction of sp³-hybridized carbons (Fsp3) is 0. The highest BCUT2D eigenvalue weighted by atomic mass is 16.6. The van der Waals surface area contributed by atoms with Gasteiger partial charge in [-0.15, -0.1) is 0 Å². The van der Waals surface area contributed by atoms with Crippen molar-refractivity contribution < 1.29 is 14.5 Å². The molecule has 0 fully saturated rings. The average Bonchev–Trinajstić information content (AvgIpc) is 2.74. The molecule has 3 aromatic carbocycles. The van der Waals surface area contributed by atoms with Crippen LogP contribution in [0.15, 0.2) is 84.9 Å². The Hall–Kier alpha value is -4.46. The maximum atomic E-state index is 12.0. The van der Waals surface area contributed by atoms with Crippen LogP contribution >= 0.6 is 0 Å². The van der Waals surface area contributed by atoms with E-state index in [1.54, 1.807) is 54.6 Å². The Labute approximate surface area is 172 Å². The van der Waals surface area contributed by atoms with Crippen molar-refractivity contribution in [2.24, 2.45) is 0 Å². The minimum absolute atomic E-state index is 0.0113. The molecule has 0 aliphatic carbocycles. The molecule has 0 aromatic heterocycles. The summed E-state index contributed by atoms with van der Waals surface area (Å²) in [6.07, 6.45) is 2.89. The van der Waals surface area contributed by atoms with E-state index in [-0.39, 0.29) is 17.6 Å². The number of anilines is 3. The second-order valence-corrected chi connectivity index (χ2v) is 6.19. The standard InChI is InChI=1S/C22H18N4O4/c27-21(15-8-16-6-13-20(14-7-16)26(29)30)23-18-9-11-19(12-10-18)25-22(28)24-17-4-2-1-3-5-17/h1-15H,(H,23,27)(H2,24,25,28)/b15-8+. The number of nitro benzene ring substituents is 1. The zero-order chi connectivity index (χ0) is 21.3. The fourth-order valence-electron chi connectivity index (χ4n) is 2.51. The second kappa shape index (κ2) is 9.65. The van der Waals surface area contributed by atoms with Gasteiger partial charge in [-0.05, 0) is 60.2 Å². The molecule has 0 aliphatic rings. The summed E-state index contributed by atoms with van der Waals surface area (Å²) >= 11 is 0. The van der Waals surface area contributed by atoms with Gasteiger partial charge < -0.3 is 16.0 Å². The molecule has 0 bridgehead atoms. The van der Waals surface area contributed by atoms with Crippen LogP contribution in [0.1, 0.15) is 5.56 Å². The number of amides is 3.